The molecule has 0 bridgehead atoms. The van der Waals surface area contributed by atoms with E-state index in [1.165, 1.54) is 53.2 Å². The van der Waals surface area contributed by atoms with Gasteiger partial charge in [-0.1, -0.05) is 27.7 Å². The van der Waals surface area contributed by atoms with Crippen LogP contribution >= 0.6 is 22.7 Å². The first-order valence-electron chi connectivity index (χ1n) is 9.76. The van der Waals surface area contributed by atoms with E-state index in [2.05, 4.69) is 54.1 Å². The van der Waals surface area contributed by atoms with E-state index in [1.807, 2.05) is 22.7 Å². The van der Waals surface area contributed by atoms with E-state index in [0.717, 1.165) is 13.1 Å². The second kappa shape index (κ2) is 7.30. The van der Waals surface area contributed by atoms with Gasteiger partial charge in [0.05, 0.1) is 15.7 Å². The van der Waals surface area contributed by atoms with Crippen molar-refractivity contribution in [3.8, 4) is 0 Å². The number of nitrogens with zero attached hydrogens (tertiary/aromatic N) is 4. The van der Waals surface area contributed by atoms with Crippen LogP contribution in [-0.4, -0.2) is 45.9 Å². The smallest absolute Gasteiger partial charge is 0.0989 e. The van der Waals surface area contributed by atoms with Gasteiger partial charge < -0.3 is 0 Å². The highest BCUT2D eigenvalue weighted by Crippen LogP contribution is 2.40. The fourth-order valence-electron chi connectivity index (χ4n) is 3.66. The van der Waals surface area contributed by atoms with Crippen molar-refractivity contribution in [3.63, 3.8) is 0 Å². The SMILES string of the molecule is CC(C)c1ncc(CN2CC(C(C)(C)c3nc(CN4CCC4)cs3)C2)s1. The molecule has 4 nitrogen and oxygen atoms in total. The molecule has 0 spiro atoms. The lowest BCUT2D eigenvalue weighted by atomic mass is 9.74. The van der Waals surface area contributed by atoms with Crippen molar-refractivity contribution in [1.82, 2.24) is 19.8 Å². The van der Waals surface area contributed by atoms with Crippen molar-refractivity contribution < 1.29 is 0 Å². The normalized spacial score (nSPS) is 19.7. The third kappa shape index (κ3) is 3.75. The van der Waals surface area contributed by atoms with Gasteiger partial charge in [0, 0.05) is 54.0 Å². The lowest BCUT2D eigenvalue weighted by Crippen LogP contribution is -2.53. The molecule has 2 aromatic heterocycles. The lowest BCUT2D eigenvalue weighted by Gasteiger charge is -2.46. The Balaban J connectivity index is 1.31. The van der Waals surface area contributed by atoms with Crippen LogP contribution in [0.4, 0.5) is 0 Å². The van der Waals surface area contributed by atoms with Gasteiger partial charge in [-0.05, 0) is 25.4 Å². The first kappa shape index (κ1) is 18.5. The first-order chi connectivity index (χ1) is 12.4. The van der Waals surface area contributed by atoms with Gasteiger partial charge in [-0.2, -0.15) is 0 Å². The van der Waals surface area contributed by atoms with E-state index in [9.17, 15) is 0 Å². The van der Waals surface area contributed by atoms with Gasteiger partial charge >= 0.3 is 0 Å². The Morgan fingerprint density at radius 3 is 2.58 bits per heavy atom. The van der Waals surface area contributed by atoms with Crippen LogP contribution in [0, 0.1) is 5.92 Å². The van der Waals surface area contributed by atoms with Crippen LogP contribution in [0.15, 0.2) is 11.6 Å². The third-order valence-corrected chi connectivity index (χ3v) is 8.37. The van der Waals surface area contributed by atoms with E-state index in [0.29, 0.717) is 11.8 Å². The van der Waals surface area contributed by atoms with Gasteiger partial charge in [0.1, 0.15) is 0 Å². The Morgan fingerprint density at radius 1 is 1.19 bits per heavy atom. The summed E-state index contributed by atoms with van der Waals surface area (Å²) in [4.78, 5) is 16.0. The molecule has 2 aliphatic rings. The highest BCUT2D eigenvalue weighted by Gasteiger charge is 2.41. The van der Waals surface area contributed by atoms with Crippen molar-refractivity contribution in [1.29, 1.82) is 0 Å². The number of rotatable bonds is 7. The van der Waals surface area contributed by atoms with Crippen LogP contribution in [0.25, 0.3) is 0 Å². The molecule has 0 aromatic carbocycles. The van der Waals surface area contributed by atoms with Gasteiger partial charge in [-0.3, -0.25) is 9.80 Å². The standard InChI is InChI=1S/C20H30N4S2/c1-14(2)18-21-8-17(26-18)12-24-9-15(10-24)20(3,4)19-22-16(13-25-19)11-23-6-5-7-23/h8,13-15H,5-7,9-12H2,1-4H3. The zero-order valence-electron chi connectivity index (χ0n) is 16.4. The maximum Gasteiger partial charge on any atom is 0.0989 e. The Morgan fingerprint density at radius 2 is 1.96 bits per heavy atom. The topological polar surface area (TPSA) is 32.3 Å². The van der Waals surface area contributed by atoms with Gasteiger partial charge in [0.2, 0.25) is 0 Å². The average molecular weight is 391 g/mol. The minimum atomic E-state index is 0.172. The molecule has 6 heteroatoms. The first-order valence-corrected chi connectivity index (χ1v) is 11.5. The maximum absolute atomic E-state index is 4.99. The molecule has 142 valence electrons. The maximum atomic E-state index is 4.99. The number of thiazole rings is 2. The van der Waals surface area contributed by atoms with E-state index in [4.69, 9.17) is 4.98 Å². The zero-order chi connectivity index (χ0) is 18.3. The van der Waals surface area contributed by atoms with Crippen LogP contribution in [0.3, 0.4) is 0 Å². The molecule has 0 unspecified atom stereocenters. The zero-order valence-corrected chi connectivity index (χ0v) is 18.0. The molecule has 0 atom stereocenters. The number of hydrogen-bond donors (Lipinski definition) is 0. The molecule has 4 heterocycles. The van der Waals surface area contributed by atoms with E-state index >= 15 is 0 Å². The molecule has 0 N–H and O–H groups in total. The highest BCUT2D eigenvalue weighted by atomic mass is 32.1. The summed E-state index contributed by atoms with van der Waals surface area (Å²) in [6.45, 7) is 16.1. The van der Waals surface area contributed by atoms with Crippen molar-refractivity contribution in [2.24, 2.45) is 5.92 Å². The van der Waals surface area contributed by atoms with Gasteiger partial charge in [0.15, 0.2) is 0 Å². The second-order valence-electron chi connectivity index (χ2n) is 8.71. The molecule has 0 saturated carbocycles. The molecule has 2 aliphatic heterocycles. The summed E-state index contributed by atoms with van der Waals surface area (Å²) >= 11 is 3.73. The average Bonchev–Trinajstić information content (AvgIpc) is 3.15. The quantitative estimate of drug-likeness (QED) is 0.704. The van der Waals surface area contributed by atoms with Crippen molar-refractivity contribution in [2.75, 3.05) is 26.2 Å². The summed E-state index contributed by atoms with van der Waals surface area (Å²) < 4.78 is 0. The molecule has 26 heavy (non-hydrogen) atoms. The van der Waals surface area contributed by atoms with Crippen LogP contribution in [0.2, 0.25) is 0 Å². The molecule has 0 amide bonds. The molecular formula is C20H30N4S2. The Labute approximate surface area is 165 Å². The number of aromatic nitrogens is 2. The van der Waals surface area contributed by atoms with Gasteiger partial charge in [-0.25, -0.2) is 9.97 Å². The van der Waals surface area contributed by atoms with Crippen LogP contribution in [0.1, 0.15) is 60.6 Å². The summed E-state index contributed by atoms with van der Waals surface area (Å²) in [7, 11) is 0. The number of likely N-dealkylation sites (tertiary alicyclic amines) is 2. The van der Waals surface area contributed by atoms with Crippen molar-refractivity contribution in [2.45, 2.75) is 58.5 Å². The molecule has 2 aromatic rings. The van der Waals surface area contributed by atoms with E-state index in [-0.39, 0.29) is 5.41 Å². The van der Waals surface area contributed by atoms with Gasteiger partial charge in [0.25, 0.3) is 0 Å². The molecule has 2 saturated heterocycles. The lowest BCUT2D eigenvalue weighted by molar-refractivity contribution is 0.0453. The minimum Gasteiger partial charge on any atom is -0.297 e. The largest absolute Gasteiger partial charge is 0.297 e. The number of hydrogen-bond acceptors (Lipinski definition) is 6. The Kier molecular flexibility index (Phi) is 5.21. The van der Waals surface area contributed by atoms with Crippen LogP contribution < -0.4 is 0 Å². The molecular weight excluding hydrogens is 360 g/mol. The predicted molar refractivity (Wildman–Crippen MR) is 110 cm³/mol. The van der Waals surface area contributed by atoms with Crippen LogP contribution in [0.5, 0.6) is 0 Å². The predicted octanol–water partition coefficient (Wildman–Crippen LogP) is 4.34. The fraction of sp³-hybridized carbons (Fsp3) is 0.700. The second-order valence-corrected chi connectivity index (χ2v) is 10.7. The van der Waals surface area contributed by atoms with Crippen molar-refractivity contribution in [3.05, 3.63) is 32.2 Å². The third-order valence-electron chi connectivity index (χ3n) is 5.86. The summed E-state index contributed by atoms with van der Waals surface area (Å²) in [5, 5.41) is 4.85. The van der Waals surface area contributed by atoms with E-state index in [1.54, 1.807) is 0 Å². The van der Waals surface area contributed by atoms with E-state index < -0.39 is 0 Å². The minimum absolute atomic E-state index is 0.172. The highest BCUT2D eigenvalue weighted by molar-refractivity contribution is 7.11. The summed E-state index contributed by atoms with van der Waals surface area (Å²) in [6.07, 6.45) is 3.42. The van der Waals surface area contributed by atoms with Gasteiger partial charge in [-0.15, -0.1) is 22.7 Å². The summed E-state index contributed by atoms with van der Waals surface area (Å²) in [6, 6.07) is 0. The molecule has 4 rings (SSSR count). The molecule has 0 radical (unpaired) electrons. The fourth-order valence-corrected chi connectivity index (χ4v) is 5.64. The Bertz CT molecular complexity index is 739. The molecule has 0 aliphatic carbocycles. The summed E-state index contributed by atoms with van der Waals surface area (Å²) in [5.74, 6) is 1.23. The summed E-state index contributed by atoms with van der Waals surface area (Å²) in [5.41, 5.74) is 1.44. The van der Waals surface area contributed by atoms with Crippen molar-refractivity contribution >= 4 is 22.7 Å². The monoisotopic (exact) mass is 390 g/mol. The van der Waals surface area contributed by atoms with Crippen LogP contribution in [-0.2, 0) is 18.5 Å². The molecule has 2 fully saturated rings. The Hall–Kier alpha value is -0.820.